The average Bonchev–Trinajstić information content (AvgIpc) is 3.13. The maximum atomic E-state index is 11.8. The molecule has 1 saturated carbocycles. The summed E-state index contributed by atoms with van der Waals surface area (Å²) in [5, 5.41) is 18.6. The third-order valence-corrected chi connectivity index (χ3v) is 2.95. The number of hydrogen-bond donors (Lipinski definition) is 1. The van der Waals surface area contributed by atoms with E-state index >= 15 is 0 Å². The SMILES string of the molecule is N#CC(NC(=O)c1cc(Cl)nnc1Cl)C1CC1. The van der Waals surface area contributed by atoms with Gasteiger partial charge in [-0.3, -0.25) is 4.79 Å². The standard InChI is InChI=1S/C10H8Cl2N4O/c11-8-3-6(9(12)16-15-8)10(17)14-7(4-13)5-1-2-5/h3,5,7H,1-2H2,(H,14,17). The van der Waals surface area contributed by atoms with Crippen LogP contribution in [0.25, 0.3) is 0 Å². The van der Waals surface area contributed by atoms with Gasteiger partial charge in [-0.1, -0.05) is 23.2 Å². The number of halogens is 2. The number of nitriles is 1. The van der Waals surface area contributed by atoms with E-state index in [9.17, 15) is 4.79 Å². The van der Waals surface area contributed by atoms with Gasteiger partial charge in [-0.15, -0.1) is 10.2 Å². The van der Waals surface area contributed by atoms with Crippen LogP contribution in [-0.2, 0) is 0 Å². The number of hydrogen-bond acceptors (Lipinski definition) is 4. The predicted molar refractivity (Wildman–Crippen MR) is 61.6 cm³/mol. The van der Waals surface area contributed by atoms with Crippen molar-refractivity contribution in [3.63, 3.8) is 0 Å². The minimum atomic E-state index is -0.481. The Balaban J connectivity index is 2.13. The van der Waals surface area contributed by atoms with E-state index in [2.05, 4.69) is 21.6 Å². The van der Waals surface area contributed by atoms with Gasteiger partial charge in [-0.2, -0.15) is 5.26 Å². The highest BCUT2D eigenvalue weighted by Crippen LogP contribution is 2.32. The van der Waals surface area contributed by atoms with E-state index in [1.165, 1.54) is 6.07 Å². The Kier molecular flexibility index (Phi) is 3.46. The molecule has 1 N–H and O–H groups in total. The Morgan fingerprint density at radius 1 is 1.53 bits per heavy atom. The molecule has 1 atom stereocenters. The van der Waals surface area contributed by atoms with Gasteiger partial charge in [0.2, 0.25) is 0 Å². The summed E-state index contributed by atoms with van der Waals surface area (Å²) in [6.07, 6.45) is 1.92. The summed E-state index contributed by atoms with van der Waals surface area (Å²) in [4.78, 5) is 11.8. The quantitative estimate of drug-likeness (QED) is 0.909. The zero-order chi connectivity index (χ0) is 12.4. The Hall–Kier alpha value is -1.38. The molecule has 1 aliphatic rings. The topological polar surface area (TPSA) is 78.7 Å². The van der Waals surface area contributed by atoms with E-state index in [0.717, 1.165) is 12.8 Å². The van der Waals surface area contributed by atoms with Gasteiger partial charge in [0.25, 0.3) is 5.91 Å². The maximum Gasteiger partial charge on any atom is 0.255 e. The number of amides is 1. The van der Waals surface area contributed by atoms with E-state index in [0.29, 0.717) is 0 Å². The zero-order valence-electron chi connectivity index (χ0n) is 8.65. The number of rotatable bonds is 3. The summed E-state index contributed by atoms with van der Waals surface area (Å²) in [5.41, 5.74) is 0.132. The number of carbonyl (C=O) groups is 1. The van der Waals surface area contributed by atoms with E-state index < -0.39 is 11.9 Å². The van der Waals surface area contributed by atoms with Crippen molar-refractivity contribution in [2.45, 2.75) is 18.9 Å². The number of nitrogens with one attached hydrogen (secondary N) is 1. The Bertz CT molecular complexity index is 496. The van der Waals surface area contributed by atoms with Crippen LogP contribution in [0.3, 0.4) is 0 Å². The Morgan fingerprint density at radius 2 is 2.24 bits per heavy atom. The van der Waals surface area contributed by atoms with Crippen molar-refractivity contribution in [2.24, 2.45) is 5.92 Å². The van der Waals surface area contributed by atoms with Crippen molar-refractivity contribution < 1.29 is 4.79 Å². The van der Waals surface area contributed by atoms with Gasteiger partial charge in [0, 0.05) is 0 Å². The van der Waals surface area contributed by atoms with Gasteiger partial charge in [-0.05, 0) is 24.8 Å². The maximum absolute atomic E-state index is 11.8. The molecule has 17 heavy (non-hydrogen) atoms. The molecule has 88 valence electrons. The second-order valence-corrected chi connectivity index (χ2v) is 4.53. The van der Waals surface area contributed by atoms with Crippen molar-refractivity contribution in [2.75, 3.05) is 0 Å². The molecule has 1 amide bonds. The second-order valence-electron chi connectivity index (χ2n) is 3.79. The summed E-state index contributed by atoms with van der Waals surface area (Å²) in [7, 11) is 0. The lowest BCUT2D eigenvalue weighted by Crippen LogP contribution is -2.35. The molecule has 0 saturated heterocycles. The molecule has 0 aliphatic heterocycles. The summed E-state index contributed by atoms with van der Waals surface area (Å²) >= 11 is 11.4. The number of aromatic nitrogens is 2. The fourth-order valence-corrected chi connectivity index (χ4v) is 1.74. The molecular formula is C10H8Cl2N4O. The molecule has 1 aliphatic carbocycles. The first-order valence-corrected chi connectivity index (χ1v) is 5.76. The van der Waals surface area contributed by atoms with Gasteiger partial charge in [0.1, 0.15) is 6.04 Å². The largest absolute Gasteiger partial charge is 0.336 e. The van der Waals surface area contributed by atoms with E-state index in [4.69, 9.17) is 28.5 Å². The summed E-state index contributed by atoms with van der Waals surface area (Å²) < 4.78 is 0. The van der Waals surface area contributed by atoms with Crippen molar-refractivity contribution >= 4 is 29.1 Å². The fourth-order valence-electron chi connectivity index (χ4n) is 1.42. The minimum Gasteiger partial charge on any atom is -0.336 e. The van der Waals surface area contributed by atoms with Gasteiger partial charge >= 0.3 is 0 Å². The van der Waals surface area contributed by atoms with Crippen LogP contribution in [0.4, 0.5) is 0 Å². The molecule has 1 aromatic rings. The molecule has 1 unspecified atom stereocenters. The molecule has 0 bridgehead atoms. The first-order valence-electron chi connectivity index (χ1n) is 5.01. The Labute approximate surface area is 108 Å². The zero-order valence-corrected chi connectivity index (χ0v) is 10.2. The summed E-state index contributed by atoms with van der Waals surface area (Å²) in [6, 6.07) is 2.90. The van der Waals surface area contributed by atoms with Crippen LogP contribution in [0.2, 0.25) is 10.3 Å². The highest BCUT2D eigenvalue weighted by molar-refractivity contribution is 6.34. The average molecular weight is 271 g/mol. The van der Waals surface area contributed by atoms with E-state index in [1.807, 2.05) is 0 Å². The third kappa shape index (κ3) is 2.84. The third-order valence-electron chi connectivity index (χ3n) is 2.48. The van der Waals surface area contributed by atoms with Crippen LogP contribution in [0.5, 0.6) is 0 Å². The van der Waals surface area contributed by atoms with Crippen molar-refractivity contribution in [1.82, 2.24) is 15.5 Å². The van der Waals surface area contributed by atoms with Crippen LogP contribution in [0, 0.1) is 17.2 Å². The number of carbonyl (C=O) groups excluding carboxylic acids is 1. The molecule has 1 fully saturated rings. The minimum absolute atomic E-state index is 0.0283. The van der Waals surface area contributed by atoms with E-state index in [-0.39, 0.29) is 21.8 Å². The van der Waals surface area contributed by atoms with Crippen LogP contribution in [-0.4, -0.2) is 22.1 Å². The monoisotopic (exact) mass is 270 g/mol. The molecule has 2 rings (SSSR count). The molecule has 5 nitrogen and oxygen atoms in total. The normalized spacial score (nSPS) is 16.1. The Morgan fingerprint density at radius 3 is 2.82 bits per heavy atom. The van der Waals surface area contributed by atoms with Crippen molar-refractivity contribution in [3.8, 4) is 6.07 Å². The van der Waals surface area contributed by atoms with Gasteiger partial charge in [-0.25, -0.2) is 0 Å². The van der Waals surface area contributed by atoms with Crippen molar-refractivity contribution in [3.05, 3.63) is 21.9 Å². The van der Waals surface area contributed by atoms with Gasteiger partial charge < -0.3 is 5.32 Å². The van der Waals surface area contributed by atoms with Crippen LogP contribution in [0.1, 0.15) is 23.2 Å². The lowest BCUT2D eigenvalue weighted by atomic mass is 10.2. The smallest absolute Gasteiger partial charge is 0.255 e. The molecule has 7 heteroatoms. The van der Waals surface area contributed by atoms with Crippen LogP contribution in [0.15, 0.2) is 6.07 Å². The van der Waals surface area contributed by atoms with Gasteiger partial charge in [0.15, 0.2) is 10.3 Å². The lowest BCUT2D eigenvalue weighted by molar-refractivity contribution is 0.0941. The molecule has 0 spiro atoms. The predicted octanol–water partition coefficient (Wildman–Crippen LogP) is 1.82. The molecular weight excluding hydrogens is 263 g/mol. The molecule has 1 heterocycles. The lowest BCUT2D eigenvalue weighted by Gasteiger charge is -2.10. The number of nitrogens with zero attached hydrogens (tertiary/aromatic N) is 3. The highest BCUT2D eigenvalue weighted by atomic mass is 35.5. The molecule has 1 aromatic heterocycles. The molecule has 0 radical (unpaired) electrons. The first kappa shape index (κ1) is 12.1. The molecule has 0 aromatic carbocycles. The summed E-state index contributed by atoms with van der Waals surface area (Å²) in [5.74, 6) is -0.210. The highest BCUT2D eigenvalue weighted by Gasteiger charge is 2.32. The second kappa shape index (κ2) is 4.86. The van der Waals surface area contributed by atoms with Crippen LogP contribution >= 0.6 is 23.2 Å². The van der Waals surface area contributed by atoms with Crippen LogP contribution < -0.4 is 5.32 Å². The first-order chi connectivity index (χ1) is 8.11. The van der Waals surface area contributed by atoms with E-state index in [1.54, 1.807) is 0 Å². The van der Waals surface area contributed by atoms with Gasteiger partial charge in [0.05, 0.1) is 11.6 Å². The fraction of sp³-hybridized carbons (Fsp3) is 0.400. The van der Waals surface area contributed by atoms with Crippen molar-refractivity contribution in [1.29, 1.82) is 5.26 Å². The summed E-state index contributed by atoms with van der Waals surface area (Å²) in [6.45, 7) is 0.